The predicted octanol–water partition coefficient (Wildman–Crippen LogP) is -2.59. The largest absolute Gasteiger partial charge is 0.478 e. The number of halogens is 4. The zero-order valence-electron chi connectivity index (χ0n) is 22.3. The van der Waals surface area contributed by atoms with E-state index in [4.69, 9.17) is 40.9 Å². The lowest BCUT2D eigenvalue weighted by atomic mass is 10.1. The number of carbonyl (C=O) groups is 4. The van der Waals surface area contributed by atoms with E-state index < -0.39 is 111 Å². The molecule has 0 aromatic heterocycles. The molecule has 4 unspecified atom stereocenters. The van der Waals surface area contributed by atoms with Gasteiger partial charge in [0.25, 0.3) is 10.0 Å². The van der Waals surface area contributed by atoms with Crippen molar-refractivity contribution in [1.82, 2.24) is 0 Å². The fourth-order valence-corrected chi connectivity index (χ4v) is 3.77. The van der Waals surface area contributed by atoms with Crippen molar-refractivity contribution in [2.75, 3.05) is 17.9 Å². The molecule has 0 saturated carbocycles. The number of aromatic carboxylic acids is 2. The van der Waals surface area contributed by atoms with Gasteiger partial charge in [0.05, 0.1) is 40.5 Å². The summed E-state index contributed by atoms with van der Waals surface area (Å²) < 4.78 is 78.4. The maximum absolute atomic E-state index is 13.1. The molecule has 0 fully saturated rings. The zero-order chi connectivity index (χ0) is 35.4. The van der Waals surface area contributed by atoms with Crippen molar-refractivity contribution >= 4 is 39.5 Å². The van der Waals surface area contributed by atoms with Crippen LogP contribution >= 0.6 is 0 Å². The number of sulfonamides is 1. The molecular formula is C23H27F4N3O14S. The Morgan fingerprint density at radius 3 is 1.47 bits per heavy atom. The van der Waals surface area contributed by atoms with Crippen LogP contribution < -0.4 is 16.2 Å². The maximum Gasteiger partial charge on any atom is 0.418 e. The monoisotopic (exact) mass is 677 g/mol. The molecule has 0 saturated heterocycles. The van der Waals surface area contributed by atoms with Gasteiger partial charge in [-0.1, -0.05) is 0 Å². The summed E-state index contributed by atoms with van der Waals surface area (Å²) in [7, 11) is -4.82. The van der Waals surface area contributed by atoms with Gasteiger partial charge in [-0.05, 0) is 36.4 Å². The topological polar surface area (TPSA) is 328 Å². The Bertz CT molecular complexity index is 1420. The number of carboxylic acids is 2. The minimum absolute atomic E-state index is 0.0776. The second kappa shape index (κ2) is 17.1. The second-order valence-corrected chi connectivity index (χ2v) is 10.0. The number of hydrogen-bond acceptors (Lipinski definition) is 12. The Morgan fingerprint density at radius 1 is 0.778 bits per heavy atom. The predicted molar refractivity (Wildman–Crippen MR) is 139 cm³/mol. The number of primary amides is 2. The van der Waals surface area contributed by atoms with Crippen LogP contribution in [0.15, 0.2) is 41.3 Å². The highest BCUT2D eigenvalue weighted by Crippen LogP contribution is 2.36. The van der Waals surface area contributed by atoms with E-state index in [1.54, 1.807) is 4.72 Å². The number of aliphatic hydroxyl groups excluding tert-OH is 6. The molecule has 0 spiro atoms. The molecule has 22 heteroatoms. The van der Waals surface area contributed by atoms with Crippen molar-refractivity contribution in [1.29, 1.82) is 0 Å². The summed E-state index contributed by atoms with van der Waals surface area (Å²) in [5.41, 5.74) is 5.07. The zero-order valence-corrected chi connectivity index (χ0v) is 23.1. The average Bonchev–Trinajstić information content (AvgIpc) is 2.95. The van der Waals surface area contributed by atoms with Gasteiger partial charge in [0.15, 0.2) is 12.2 Å². The van der Waals surface area contributed by atoms with Gasteiger partial charge in [-0.2, -0.15) is 13.2 Å². The van der Waals surface area contributed by atoms with E-state index in [0.29, 0.717) is 30.3 Å². The van der Waals surface area contributed by atoms with E-state index in [1.165, 1.54) is 0 Å². The number of nitrogens with two attached hydrogens (primary N) is 2. The Kier molecular flexibility index (Phi) is 15.4. The fourth-order valence-electron chi connectivity index (χ4n) is 2.62. The van der Waals surface area contributed by atoms with E-state index in [2.05, 4.69) is 11.5 Å². The van der Waals surface area contributed by atoms with Crippen molar-refractivity contribution in [3.05, 3.63) is 58.9 Å². The van der Waals surface area contributed by atoms with E-state index in [9.17, 15) is 45.2 Å². The Labute approximate surface area is 249 Å². The number of rotatable bonds is 11. The first-order valence-corrected chi connectivity index (χ1v) is 13.0. The van der Waals surface area contributed by atoms with Crippen LogP contribution in [0.1, 0.15) is 26.3 Å². The Morgan fingerprint density at radius 2 is 1.18 bits per heavy atom. The highest BCUT2D eigenvalue weighted by molar-refractivity contribution is 7.92. The van der Waals surface area contributed by atoms with Crippen LogP contribution in [-0.2, 0) is 25.8 Å². The molecule has 17 nitrogen and oxygen atoms in total. The summed E-state index contributed by atoms with van der Waals surface area (Å²) in [4.78, 5) is 41.2. The van der Waals surface area contributed by atoms with Crippen molar-refractivity contribution in [3.8, 4) is 0 Å². The van der Waals surface area contributed by atoms with Crippen molar-refractivity contribution in [2.45, 2.75) is 35.5 Å². The molecule has 2 rings (SSSR count). The van der Waals surface area contributed by atoms with Crippen LogP contribution in [0.5, 0.6) is 0 Å². The normalized spacial score (nSPS) is 13.8. The number of carboxylic acid groups (broad SMARTS) is 2. The molecule has 4 atom stereocenters. The molecule has 13 N–H and O–H groups in total. The van der Waals surface area contributed by atoms with Crippen molar-refractivity contribution < 1.29 is 86.0 Å². The minimum atomic E-state index is -5.09. The van der Waals surface area contributed by atoms with Gasteiger partial charge >= 0.3 is 18.1 Å². The standard InChI is InChI=1S/C15H9F4NO6S.2C4H9NO4/c16-9-1-2-12(11(6-9)15(17,18)19)20-27(25,26)10-4-7(13(21)22)3-8(5-10)14(23)24;2*5-4(9)3(8)2(7)1-6/h1-6,20H,(H,21,22)(H,23,24);2*2-3,6-8H,1H2,(H2,5,9). The van der Waals surface area contributed by atoms with Crippen LogP contribution in [0.4, 0.5) is 23.2 Å². The molecule has 0 aliphatic rings. The number of aliphatic hydroxyl groups is 6. The third-order valence-corrected chi connectivity index (χ3v) is 6.27. The SMILES string of the molecule is NC(=O)C(O)C(O)CO.NC(=O)C(O)C(O)CO.O=C(O)c1cc(C(=O)O)cc(S(=O)(=O)Nc2ccc(F)cc2C(F)(F)F)c1. The summed E-state index contributed by atoms with van der Waals surface area (Å²) >= 11 is 0. The summed E-state index contributed by atoms with van der Waals surface area (Å²) in [5.74, 6) is -6.64. The second-order valence-electron chi connectivity index (χ2n) is 8.34. The number of nitrogens with one attached hydrogen (secondary N) is 1. The minimum Gasteiger partial charge on any atom is -0.478 e. The third-order valence-electron chi connectivity index (χ3n) is 4.93. The average molecular weight is 678 g/mol. The van der Waals surface area contributed by atoms with E-state index in [-0.39, 0.29) is 6.07 Å². The lowest BCUT2D eigenvalue weighted by Gasteiger charge is -2.15. The highest BCUT2D eigenvalue weighted by Gasteiger charge is 2.35. The summed E-state index contributed by atoms with van der Waals surface area (Å²) in [5, 5.41) is 68.2. The molecule has 0 heterocycles. The summed E-state index contributed by atoms with van der Waals surface area (Å²) in [6.45, 7) is -1.35. The van der Waals surface area contributed by atoms with E-state index in [1.807, 2.05) is 0 Å². The number of anilines is 1. The molecule has 2 amide bonds. The van der Waals surface area contributed by atoms with Gasteiger partial charge in [-0.3, -0.25) is 14.3 Å². The summed E-state index contributed by atoms with van der Waals surface area (Å²) in [6, 6.07) is 3.04. The van der Waals surface area contributed by atoms with Crippen LogP contribution in [0.3, 0.4) is 0 Å². The van der Waals surface area contributed by atoms with Crippen LogP contribution in [0, 0.1) is 5.82 Å². The summed E-state index contributed by atoms with van der Waals surface area (Å²) in [6.07, 6.45) is -11.4. The molecule has 2 aromatic rings. The van der Waals surface area contributed by atoms with Crippen LogP contribution in [0.2, 0.25) is 0 Å². The van der Waals surface area contributed by atoms with Gasteiger partial charge in [0, 0.05) is 0 Å². The fraction of sp³-hybridized carbons (Fsp3) is 0.304. The van der Waals surface area contributed by atoms with Gasteiger partial charge < -0.3 is 52.3 Å². The smallest absolute Gasteiger partial charge is 0.418 e. The third kappa shape index (κ3) is 13.0. The molecule has 0 aliphatic carbocycles. The molecular weight excluding hydrogens is 650 g/mol. The molecule has 252 valence electrons. The maximum atomic E-state index is 13.1. The Balaban J connectivity index is 0.000000880. The van der Waals surface area contributed by atoms with Gasteiger partial charge in [0.2, 0.25) is 11.8 Å². The number of alkyl halides is 3. The van der Waals surface area contributed by atoms with Crippen LogP contribution in [-0.4, -0.2) is 111 Å². The van der Waals surface area contributed by atoms with Crippen molar-refractivity contribution in [3.63, 3.8) is 0 Å². The number of amides is 2. The number of hydrogen-bond donors (Lipinski definition) is 11. The lowest BCUT2D eigenvalue weighted by Crippen LogP contribution is -2.40. The first-order valence-electron chi connectivity index (χ1n) is 11.5. The van der Waals surface area contributed by atoms with Gasteiger partial charge in [-0.15, -0.1) is 0 Å². The first-order chi connectivity index (χ1) is 20.5. The van der Waals surface area contributed by atoms with E-state index in [0.717, 1.165) is 0 Å². The van der Waals surface area contributed by atoms with Gasteiger partial charge in [-0.25, -0.2) is 22.4 Å². The number of carbonyl (C=O) groups excluding carboxylic acids is 2. The van der Waals surface area contributed by atoms with Gasteiger partial charge in [0.1, 0.15) is 18.0 Å². The molecule has 0 radical (unpaired) electrons. The first kappa shape index (κ1) is 40.5. The lowest BCUT2D eigenvalue weighted by molar-refractivity contribution is -0.137. The van der Waals surface area contributed by atoms with Crippen LogP contribution in [0.25, 0.3) is 0 Å². The quantitative estimate of drug-likeness (QED) is 0.109. The van der Waals surface area contributed by atoms with Crippen molar-refractivity contribution in [2.24, 2.45) is 11.5 Å². The highest BCUT2D eigenvalue weighted by atomic mass is 32.2. The molecule has 2 aromatic carbocycles. The number of benzene rings is 2. The molecule has 0 bridgehead atoms. The van der Waals surface area contributed by atoms with E-state index >= 15 is 0 Å². The Hall–Kier alpha value is -4.45. The molecule has 45 heavy (non-hydrogen) atoms. The molecule has 0 aliphatic heterocycles.